The second-order valence-electron chi connectivity index (χ2n) is 5.86. The summed E-state index contributed by atoms with van der Waals surface area (Å²) in [5.74, 6) is -1.98. The van der Waals surface area contributed by atoms with Crippen LogP contribution in [0.15, 0.2) is 48.5 Å². The van der Waals surface area contributed by atoms with E-state index < -0.39 is 35.5 Å². The molecule has 158 valence electrons. The Kier molecular flexibility index (Phi) is 7.13. The number of hydrogen-bond acceptors (Lipinski definition) is 6. The third-order valence-electron chi connectivity index (χ3n) is 3.56. The summed E-state index contributed by atoms with van der Waals surface area (Å²) < 4.78 is 44.8. The number of amides is 1. The number of halogens is 3. The normalized spacial score (nSPS) is 11.2. The molecular weight excluding hydrogens is 409 g/mol. The Hall–Kier alpha value is -3.89. The number of anilines is 1. The van der Waals surface area contributed by atoms with Crippen molar-refractivity contribution in [3.8, 4) is 5.75 Å². The monoisotopic (exact) mass is 424 g/mol. The van der Waals surface area contributed by atoms with Gasteiger partial charge in [0, 0.05) is 23.4 Å². The zero-order valence-electron chi connectivity index (χ0n) is 15.4. The fraction of sp³-hybridized carbons (Fsp3) is 0.158. The molecule has 2 aromatic rings. The van der Waals surface area contributed by atoms with Gasteiger partial charge in [0.25, 0.3) is 11.6 Å². The van der Waals surface area contributed by atoms with Gasteiger partial charge in [0.1, 0.15) is 5.75 Å². The third-order valence-corrected chi connectivity index (χ3v) is 3.56. The molecule has 0 bridgehead atoms. The number of ether oxygens (including phenoxy) is 2. The van der Waals surface area contributed by atoms with Gasteiger partial charge in [-0.15, -0.1) is 13.2 Å². The van der Waals surface area contributed by atoms with Gasteiger partial charge >= 0.3 is 12.3 Å². The summed E-state index contributed by atoms with van der Waals surface area (Å²) in [6, 6.07) is 8.85. The molecule has 0 aliphatic rings. The molecule has 0 saturated heterocycles. The van der Waals surface area contributed by atoms with Crippen LogP contribution in [0.25, 0.3) is 6.08 Å². The number of carbonyl (C=O) groups excluding carboxylic acids is 2. The first kappa shape index (κ1) is 22.4. The molecule has 0 unspecified atom stereocenters. The fourth-order valence-corrected chi connectivity index (χ4v) is 2.21. The molecule has 1 N–H and O–H groups in total. The molecule has 8 nitrogen and oxygen atoms in total. The van der Waals surface area contributed by atoms with Crippen LogP contribution in [0.2, 0.25) is 0 Å². The zero-order chi connectivity index (χ0) is 22.3. The average molecular weight is 424 g/mol. The third kappa shape index (κ3) is 7.26. The van der Waals surface area contributed by atoms with Crippen molar-refractivity contribution in [3.05, 3.63) is 69.8 Å². The van der Waals surface area contributed by atoms with Gasteiger partial charge < -0.3 is 14.8 Å². The Morgan fingerprint density at radius 3 is 2.43 bits per heavy atom. The highest BCUT2D eigenvalue weighted by Gasteiger charge is 2.30. The molecule has 2 aromatic carbocycles. The van der Waals surface area contributed by atoms with Crippen LogP contribution in [0.3, 0.4) is 0 Å². The van der Waals surface area contributed by atoms with E-state index in [4.69, 9.17) is 4.74 Å². The zero-order valence-corrected chi connectivity index (χ0v) is 15.4. The first-order chi connectivity index (χ1) is 14.0. The van der Waals surface area contributed by atoms with Gasteiger partial charge in [-0.05, 0) is 36.8 Å². The van der Waals surface area contributed by atoms with E-state index >= 15 is 0 Å². The lowest BCUT2D eigenvalue weighted by atomic mass is 10.2. The van der Waals surface area contributed by atoms with Gasteiger partial charge in [0.15, 0.2) is 6.61 Å². The Labute approximate surface area is 168 Å². The van der Waals surface area contributed by atoms with Gasteiger partial charge in [0.2, 0.25) is 0 Å². The van der Waals surface area contributed by atoms with E-state index in [1.807, 2.05) is 0 Å². The standard InChI is InChI=1S/C19H15F3N2O6/c1-12-2-6-14(10-16(12)24(27)28)23-17(25)11-29-18(26)9-5-13-3-7-15(8-4-13)30-19(20,21)22/h2-10H,11H2,1H3,(H,23,25)/b9-5+. The lowest BCUT2D eigenvalue weighted by Gasteiger charge is -2.08. The lowest BCUT2D eigenvalue weighted by molar-refractivity contribution is -0.385. The van der Waals surface area contributed by atoms with Crippen molar-refractivity contribution in [3.63, 3.8) is 0 Å². The van der Waals surface area contributed by atoms with Crippen molar-refractivity contribution in [1.82, 2.24) is 0 Å². The van der Waals surface area contributed by atoms with E-state index in [0.717, 1.165) is 18.2 Å². The van der Waals surface area contributed by atoms with Crippen molar-refractivity contribution in [2.45, 2.75) is 13.3 Å². The molecule has 0 radical (unpaired) electrons. The molecule has 0 fully saturated rings. The predicted molar refractivity (Wildman–Crippen MR) is 99.6 cm³/mol. The molecule has 30 heavy (non-hydrogen) atoms. The number of benzene rings is 2. The average Bonchev–Trinajstić information content (AvgIpc) is 2.66. The SMILES string of the molecule is Cc1ccc(NC(=O)COC(=O)/C=C/c2ccc(OC(F)(F)F)cc2)cc1[N+](=O)[O-]. The van der Waals surface area contributed by atoms with Crippen LogP contribution in [0.1, 0.15) is 11.1 Å². The quantitative estimate of drug-likeness (QED) is 0.312. The minimum Gasteiger partial charge on any atom is -0.452 e. The number of hydrogen-bond donors (Lipinski definition) is 1. The number of nitro benzene ring substituents is 1. The van der Waals surface area contributed by atoms with E-state index in [-0.39, 0.29) is 11.4 Å². The van der Waals surface area contributed by atoms with E-state index in [2.05, 4.69) is 10.1 Å². The van der Waals surface area contributed by atoms with E-state index in [1.54, 1.807) is 6.92 Å². The van der Waals surface area contributed by atoms with Crippen LogP contribution in [-0.4, -0.2) is 29.8 Å². The number of rotatable bonds is 7. The van der Waals surface area contributed by atoms with Crippen molar-refractivity contribution >= 4 is 29.3 Å². The summed E-state index contributed by atoms with van der Waals surface area (Å²) in [5, 5.41) is 13.3. The summed E-state index contributed by atoms with van der Waals surface area (Å²) in [6.07, 6.45) is -2.53. The number of esters is 1. The lowest BCUT2D eigenvalue weighted by Crippen LogP contribution is -2.20. The maximum absolute atomic E-state index is 12.1. The Morgan fingerprint density at radius 1 is 1.17 bits per heavy atom. The van der Waals surface area contributed by atoms with Crippen molar-refractivity contribution in [2.75, 3.05) is 11.9 Å². The largest absolute Gasteiger partial charge is 0.573 e. The second kappa shape index (κ2) is 9.54. The molecule has 0 aliphatic carbocycles. The highest BCUT2D eigenvalue weighted by atomic mass is 19.4. The van der Waals surface area contributed by atoms with Crippen molar-refractivity contribution < 1.29 is 37.2 Å². The Bertz CT molecular complexity index is 971. The van der Waals surface area contributed by atoms with Gasteiger partial charge in [0.05, 0.1) is 4.92 Å². The molecule has 0 aromatic heterocycles. The van der Waals surface area contributed by atoms with E-state index in [9.17, 15) is 32.9 Å². The minimum absolute atomic E-state index is 0.167. The topological polar surface area (TPSA) is 108 Å². The number of nitro groups is 1. The number of carbonyl (C=O) groups is 2. The summed E-state index contributed by atoms with van der Waals surface area (Å²) in [6.45, 7) is 0.915. The highest BCUT2D eigenvalue weighted by Crippen LogP contribution is 2.23. The minimum atomic E-state index is -4.80. The van der Waals surface area contributed by atoms with Crippen molar-refractivity contribution in [1.29, 1.82) is 0 Å². The fourth-order valence-electron chi connectivity index (χ4n) is 2.21. The molecule has 0 atom stereocenters. The van der Waals surface area contributed by atoms with Crippen LogP contribution < -0.4 is 10.1 Å². The van der Waals surface area contributed by atoms with Crippen molar-refractivity contribution in [2.24, 2.45) is 0 Å². The first-order valence-electron chi connectivity index (χ1n) is 8.29. The maximum Gasteiger partial charge on any atom is 0.573 e. The Morgan fingerprint density at radius 2 is 1.83 bits per heavy atom. The number of aryl methyl sites for hydroxylation is 1. The van der Waals surface area contributed by atoms with Crippen LogP contribution in [0, 0.1) is 17.0 Å². The molecular formula is C19H15F3N2O6. The smallest absolute Gasteiger partial charge is 0.452 e. The number of nitrogens with zero attached hydrogens (tertiary/aromatic N) is 1. The van der Waals surface area contributed by atoms with Crippen LogP contribution in [0.5, 0.6) is 5.75 Å². The molecule has 1 amide bonds. The first-order valence-corrected chi connectivity index (χ1v) is 8.29. The van der Waals surface area contributed by atoms with Gasteiger partial charge in [-0.25, -0.2) is 4.79 Å². The molecule has 0 saturated carbocycles. The molecule has 0 spiro atoms. The Balaban J connectivity index is 1.84. The summed E-state index contributed by atoms with van der Waals surface area (Å²) in [5.41, 5.74) is 0.829. The van der Waals surface area contributed by atoms with Crippen LogP contribution >= 0.6 is 0 Å². The maximum atomic E-state index is 12.1. The number of nitrogens with one attached hydrogen (secondary N) is 1. The van der Waals surface area contributed by atoms with Crippen LogP contribution in [0.4, 0.5) is 24.5 Å². The molecule has 0 heterocycles. The summed E-state index contributed by atoms with van der Waals surface area (Å²) in [4.78, 5) is 33.8. The second-order valence-corrected chi connectivity index (χ2v) is 5.86. The summed E-state index contributed by atoms with van der Waals surface area (Å²) in [7, 11) is 0. The molecule has 11 heteroatoms. The van der Waals surface area contributed by atoms with Gasteiger partial charge in [-0.2, -0.15) is 0 Å². The van der Waals surface area contributed by atoms with Gasteiger partial charge in [-0.1, -0.05) is 18.2 Å². The molecule has 0 aliphatic heterocycles. The summed E-state index contributed by atoms with van der Waals surface area (Å²) >= 11 is 0. The van der Waals surface area contributed by atoms with Crippen LogP contribution in [-0.2, 0) is 14.3 Å². The highest BCUT2D eigenvalue weighted by molar-refractivity contribution is 5.94. The van der Waals surface area contributed by atoms with Gasteiger partial charge in [-0.3, -0.25) is 14.9 Å². The number of alkyl halides is 3. The molecule has 2 rings (SSSR count). The van der Waals surface area contributed by atoms with E-state index in [1.165, 1.54) is 36.4 Å². The van der Waals surface area contributed by atoms with E-state index in [0.29, 0.717) is 11.1 Å². The predicted octanol–water partition coefficient (Wildman–Crippen LogP) is 4.00.